The van der Waals surface area contributed by atoms with Gasteiger partial charge in [0.15, 0.2) is 0 Å². The van der Waals surface area contributed by atoms with Crippen LogP contribution >= 0.6 is 11.8 Å². The van der Waals surface area contributed by atoms with Gasteiger partial charge in [-0.1, -0.05) is 6.92 Å². The summed E-state index contributed by atoms with van der Waals surface area (Å²) in [6, 6.07) is -0.568. The molecule has 26 heavy (non-hydrogen) atoms. The fraction of sp³-hybridized carbons (Fsp3) is 0.706. The number of aliphatic hydroxyl groups is 1. The maximum atomic E-state index is 12.3. The standard InChI is InChI=1S/C17H25N3O5S/c1-7-12-11(8(2)21)16(23)20(12)13(17(24)25)14(7)26-9-5-10(18-6-9)15(22)19(3)4/h7-12,18,21H,5-6H2,1-4H3,(H,24,25)/t7?,8?,9?,10?,11?,12-/m1/s1. The van der Waals surface area contributed by atoms with Crippen LogP contribution < -0.4 is 5.32 Å². The van der Waals surface area contributed by atoms with E-state index in [1.165, 1.54) is 16.7 Å². The molecule has 0 aromatic rings. The predicted molar refractivity (Wildman–Crippen MR) is 96.1 cm³/mol. The number of fused-ring (bicyclic) bond motifs is 1. The monoisotopic (exact) mass is 383 g/mol. The molecule has 0 aliphatic carbocycles. The Bertz CT molecular complexity index is 677. The highest BCUT2D eigenvalue weighted by molar-refractivity contribution is 8.03. The first-order valence-corrected chi connectivity index (χ1v) is 9.62. The van der Waals surface area contributed by atoms with Crippen molar-refractivity contribution in [2.75, 3.05) is 20.6 Å². The number of nitrogens with zero attached hydrogens (tertiary/aromatic N) is 2. The number of aliphatic carboxylic acids is 1. The molecule has 0 spiro atoms. The Morgan fingerprint density at radius 1 is 1.38 bits per heavy atom. The number of carboxylic acid groups (broad SMARTS) is 1. The number of rotatable bonds is 5. The number of hydrogen-bond acceptors (Lipinski definition) is 6. The highest BCUT2D eigenvalue weighted by Crippen LogP contribution is 2.51. The van der Waals surface area contributed by atoms with Gasteiger partial charge in [-0.2, -0.15) is 0 Å². The lowest BCUT2D eigenvalue weighted by molar-refractivity contribution is -0.163. The lowest BCUT2D eigenvalue weighted by atomic mass is 9.79. The van der Waals surface area contributed by atoms with Crippen LogP contribution in [0.25, 0.3) is 0 Å². The van der Waals surface area contributed by atoms with Crippen molar-refractivity contribution in [1.29, 1.82) is 0 Å². The van der Waals surface area contributed by atoms with E-state index < -0.39 is 18.0 Å². The van der Waals surface area contributed by atoms with Crippen molar-refractivity contribution in [1.82, 2.24) is 15.1 Å². The van der Waals surface area contributed by atoms with Gasteiger partial charge in [0.05, 0.1) is 24.1 Å². The number of amides is 2. The third-order valence-corrected chi connectivity index (χ3v) is 6.95. The third kappa shape index (κ3) is 2.91. The fourth-order valence-corrected chi connectivity index (χ4v) is 5.63. The van der Waals surface area contributed by atoms with Crippen LogP contribution in [0.1, 0.15) is 20.3 Å². The van der Waals surface area contributed by atoms with Gasteiger partial charge in [-0.3, -0.25) is 9.59 Å². The molecule has 3 heterocycles. The van der Waals surface area contributed by atoms with Gasteiger partial charge in [0.25, 0.3) is 0 Å². The summed E-state index contributed by atoms with van der Waals surface area (Å²) >= 11 is 1.45. The minimum atomic E-state index is -1.12. The van der Waals surface area contributed by atoms with Gasteiger partial charge in [-0.05, 0) is 13.3 Å². The van der Waals surface area contributed by atoms with Crippen LogP contribution in [0.5, 0.6) is 0 Å². The van der Waals surface area contributed by atoms with Gasteiger partial charge in [0.1, 0.15) is 5.70 Å². The molecule has 6 atom stereocenters. The zero-order valence-corrected chi connectivity index (χ0v) is 16.1. The Morgan fingerprint density at radius 3 is 2.58 bits per heavy atom. The van der Waals surface area contributed by atoms with Crippen molar-refractivity contribution >= 4 is 29.5 Å². The molecule has 2 amide bonds. The lowest BCUT2D eigenvalue weighted by Crippen LogP contribution is -2.63. The molecule has 3 aliphatic rings. The van der Waals surface area contributed by atoms with Crippen molar-refractivity contribution in [2.45, 2.75) is 43.7 Å². The third-order valence-electron chi connectivity index (χ3n) is 5.43. The predicted octanol–water partition coefficient (Wildman–Crippen LogP) is -0.308. The second kappa shape index (κ2) is 6.86. The average Bonchev–Trinajstić information content (AvgIpc) is 3.09. The molecule has 5 unspecified atom stereocenters. The average molecular weight is 383 g/mol. The van der Waals surface area contributed by atoms with E-state index in [4.69, 9.17) is 0 Å². The molecule has 144 valence electrons. The number of likely N-dealkylation sites (N-methyl/N-ethyl adjacent to an activating group) is 1. The summed E-state index contributed by atoms with van der Waals surface area (Å²) in [5.41, 5.74) is 0.0387. The Morgan fingerprint density at radius 2 is 2.04 bits per heavy atom. The van der Waals surface area contributed by atoms with Crippen LogP contribution in [0, 0.1) is 11.8 Å². The molecule has 3 N–H and O–H groups in total. The van der Waals surface area contributed by atoms with E-state index in [1.807, 2.05) is 6.92 Å². The van der Waals surface area contributed by atoms with Crippen molar-refractivity contribution < 1.29 is 24.6 Å². The molecule has 0 bridgehead atoms. The summed E-state index contributed by atoms with van der Waals surface area (Å²) in [7, 11) is 3.42. The normalized spacial score (nSPS) is 34.6. The first kappa shape index (κ1) is 19.2. The summed E-state index contributed by atoms with van der Waals surface area (Å²) < 4.78 is 0. The Balaban J connectivity index is 1.78. The Labute approximate surface area is 156 Å². The molecule has 0 aromatic heterocycles. The number of nitrogens with one attached hydrogen (secondary N) is 1. The van der Waals surface area contributed by atoms with Gasteiger partial charge in [-0.15, -0.1) is 11.8 Å². The SMILES string of the molecule is CC(O)C1C(=O)N2C(C(=O)O)=C(SC3CNC(C(=O)N(C)C)C3)C(C)[C@H]12. The van der Waals surface area contributed by atoms with E-state index in [2.05, 4.69) is 5.32 Å². The molecule has 3 rings (SSSR count). The molecular formula is C17H25N3O5S. The van der Waals surface area contributed by atoms with Gasteiger partial charge in [0, 0.05) is 36.7 Å². The van der Waals surface area contributed by atoms with Crippen LogP contribution in [-0.4, -0.2) is 81.9 Å². The minimum Gasteiger partial charge on any atom is -0.477 e. The first-order chi connectivity index (χ1) is 12.1. The summed E-state index contributed by atoms with van der Waals surface area (Å²) in [5, 5.41) is 22.8. The largest absolute Gasteiger partial charge is 0.477 e. The maximum absolute atomic E-state index is 12.3. The highest BCUT2D eigenvalue weighted by Gasteiger charge is 2.60. The number of hydrogen-bond donors (Lipinski definition) is 3. The molecule has 9 heteroatoms. The number of carbonyl (C=O) groups is 3. The minimum absolute atomic E-state index is 0.00757. The summed E-state index contributed by atoms with van der Waals surface area (Å²) in [5.74, 6) is -2.14. The molecule has 0 aromatic carbocycles. The maximum Gasteiger partial charge on any atom is 0.353 e. The van der Waals surface area contributed by atoms with E-state index >= 15 is 0 Å². The van der Waals surface area contributed by atoms with Crippen LogP contribution in [-0.2, 0) is 14.4 Å². The quantitative estimate of drug-likeness (QED) is 0.559. The van der Waals surface area contributed by atoms with Crippen molar-refractivity contribution in [2.24, 2.45) is 11.8 Å². The molecule has 0 radical (unpaired) electrons. The van der Waals surface area contributed by atoms with Gasteiger partial charge in [0.2, 0.25) is 11.8 Å². The van der Waals surface area contributed by atoms with E-state index in [0.29, 0.717) is 17.9 Å². The van der Waals surface area contributed by atoms with Gasteiger partial charge in [-0.25, -0.2) is 4.79 Å². The molecule has 2 fully saturated rings. The second-order valence-corrected chi connectivity index (χ2v) is 8.78. The number of thioether (sulfide) groups is 1. The van der Waals surface area contributed by atoms with Crippen molar-refractivity contribution in [3.05, 3.63) is 10.6 Å². The van der Waals surface area contributed by atoms with E-state index in [0.717, 1.165) is 0 Å². The number of carbonyl (C=O) groups excluding carboxylic acids is 2. The summed E-state index contributed by atoms with van der Waals surface area (Å²) in [6.07, 6.45) is -0.190. The summed E-state index contributed by atoms with van der Waals surface area (Å²) in [4.78, 5) is 39.8. The molecule has 2 saturated heterocycles. The zero-order chi connectivity index (χ0) is 19.3. The molecule has 8 nitrogen and oxygen atoms in total. The van der Waals surface area contributed by atoms with E-state index in [9.17, 15) is 24.6 Å². The van der Waals surface area contributed by atoms with Crippen molar-refractivity contribution in [3.63, 3.8) is 0 Å². The Hall–Kier alpha value is -1.58. The molecule has 3 aliphatic heterocycles. The fourth-order valence-electron chi connectivity index (χ4n) is 4.15. The highest BCUT2D eigenvalue weighted by atomic mass is 32.2. The zero-order valence-electron chi connectivity index (χ0n) is 15.3. The van der Waals surface area contributed by atoms with Crippen molar-refractivity contribution in [3.8, 4) is 0 Å². The van der Waals surface area contributed by atoms with Gasteiger partial charge >= 0.3 is 5.97 Å². The molecule has 0 saturated carbocycles. The van der Waals surface area contributed by atoms with E-state index in [1.54, 1.807) is 25.9 Å². The van der Waals surface area contributed by atoms with E-state index in [-0.39, 0.29) is 40.8 Å². The molecular weight excluding hydrogens is 358 g/mol. The summed E-state index contributed by atoms with van der Waals surface area (Å²) in [6.45, 7) is 4.08. The lowest BCUT2D eigenvalue weighted by Gasteiger charge is -2.46. The number of β-lactam (4-membered cyclic amide) rings is 1. The van der Waals surface area contributed by atoms with Crippen LogP contribution in [0.4, 0.5) is 0 Å². The smallest absolute Gasteiger partial charge is 0.353 e. The number of carboxylic acids is 1. The Kier molecular flexibility index (Phi) is 5.06. The topological polar surface area (TPSA) is 110 Å². The number of aliphatic hydroxyl groups excluding tert-OH is 1. The van der Waals surface area contributed by atoms with Gasteiger partial charge < -0.3 is 25.3 Å². The van der Waals surface area contributed by atoms with Crippen LogP contribution in [0.15, 0.2) is 10.6 Å². The second-order valence-electron chi connectivity index (χ2n) is 7.44. The van der Waals surface area contributed by atoms with Crippen LogP contribution in [0.3, 0.4) is 0 Å². The first-order valence-electron chi connectivity index (χ1n) is 8.75. The van der Waals surface area contributed by atoms with Crippen LogP contribution in [0.2, 0.25) is 0 Å².